The Kier molecular flexibility index (Phi) is 5.47. The minimum Gasteiger partial charge on any atom is -0.478 e. The Morgan fingerprint density at radius 2 is 0.758 bits per heavy atom. The van der Waals surface area contributed by atoms with Crippen molar-refractivity contribution in [2.24, 2.45) is 0 Å². The molecule has 0 aliphatic carbocycles. The number of pyridine rings is 3. The lowest BCUT2D eigenvalue weighted by Gasteiger charge is -2.07. The van der Waals surface area contributed by atoms with Crippen LogP contribution in [0.2, 0.25) is 0 Å². The molecule has 0 atom stereocenters. The maximum atomic E-state index is 11.1. The van der Waals surface area contributed by atoms with Crippen molar-refractivity contribution < 1.29 is 29.7 Å². The van der Waals surface area contributed by atoms with E-state index in [0.29, 0.717) is 0 Å². The van der Waals surface area contributed by atoms with Crippen molar-refractivity contribution in [3.05, 3.63) is 71.7 Å². The van der Waals surface area contributed by atoms with E-state index in [1.807, 2.05) is 0 Å². The number of hydrogen-bond donors (Lipinski definition) is 3. The summed E-state index contributed by atoms with van der Waals surface area (Å²) in [5, 5.41) is 27.2. The summed E-state index contributed by atoms with van der Waals surface area (Å²) in [6.07, 6.45) is 3.46. The van der Waals surface area contributed by atoms with Crippen LogP contribution >= 0.6 is 0 Å². The summed E-state index contributed by atoms with van der Waals surface area (Å²) >= 11 is 0. The van der Waals surface area contributed by atoms with Crippen molar-refractivity contribution in [1.29, 1.82) is 0 Å². The number of rotatable bonds is 6. The van der Waals surface area contributed by atoms with E-state index in [1.54, 1.807) is 0 Å². The second kappa shape index (κ2) is 8.55. The Balaban J connectivity index is 1.84. The smallest absolute Gasteiger partial charge is 0.337 e. The van der Waals surface area contributed by atoms with Gasteiger partial charge in [-0.3, -0.25) is 15.0 Å². The summed E-state index contributed by atoms with van der Waals surface area (Å²) in [4.78, 5) is 58.5. The molecule has 0 radical (unpaired) electrons. The van der Waals surface area contributed by atoms with Crippen LogP contribution in [0.3, 0.4) is 0 Å². The first-order valence-electron chi connectivity index (χ1n) is 9.17. The molecular formula is C21H12N6O6. The number of carboxylic acid groups (broad SMARTS) is 3. The third-order valence-corrected chi connectivity index (χ3v) is 4.35. The Morgan fingerprint density at radius 1 is 0.485 bits per heavy atom. The molecule has 162 valence electrons. The number of carboxylic acids is 3. The average Bonchev–Trinajstić information content (AvgIpc) is 2.84. The largest absolute Gasteiger partial charge is 0.478 e. The van der Waals surface area contributed by atoms with E-state index >= 15 is 0 Å². The van der Waals surface area contributed by atoms with Crippen molar-refractivity contribution in [2.45, 2.75) is 0 Å². The van der Waals surface area contributed by atoms with Gasteiger partial charge < -0.3 is 15.3 Å². The Hall–Kier alpha value is -5.13. The molecule has 0 spiro atoms. The van der Waals surface area contributed by atoms with Crippen molar-refractivity contribution in [3.8, 4) is 34.6 Å². The van der Waals surface area contributed by atoms with Crippen LogP contribution in [0.4, 0.5) is 0 Å². The number of hydrogen-bond acceptors (Lipinski definition) is 9. The van der Waals surface area contributed by atoms with Gasteiger partial charge >= 0.3 is 17.9 Å². The number of carbonyl (C=O) groups is 3. The first-order valence-corrected chi connectivity index (χ1v) is 9.17. The van der Waals surface area contributed by atoms with Gasteiger partial charge in [0.25, 0.3) is 0 Å². The summed E-state index contributed by atoms with van der Waals surface area (Å²) < 4.78 is 0. The highest BCUT2D eigenvalue weighted by atomic mass is 16.4. The molecule has 4 aromatic heterocycles. The fourth-order valence-electron chi connectivity index (χ4n) is 2.68. The standard InChI is InChI=1S/C21H12N6O6/c28-19(29)10-1-4-13(22-7-10)16-25-17(14-5-2-11(8-23-14)20(30)31)27-18(26-16)15-6-3-12(9-24-15)21(32)33/h1-9H,(H,28,29)(H,30,31)(H,32,33). The van der Waals surface area contributed by atoms with Gasteiger partial charge in [0.2, 0.25) is 0 Å². The zero-order valence-electron chi connectivity index (χ0n) is 16.4. The van der Waals surface area contributed by atoms with Gasteiger partial charge in [-0.15, -0.1) is 0 Å². The van der Waals surface area contributed by atoms with Gasteiger partial charge in [0.1, 0.15) is 17.1 Å². The van der Waals surface area contributed by atoms with Gasteiger partial charge in [0, 0.05) is 18.6 Å². The molecule has 0 bridgehead atoms. The molecule has 4 rings (SSSR count). The third-order valence-electron chi connectivity index (χ3n) is 4.35. The van der Waals surface area contributed by atoms with Crippen LogP contribution in [-0.2, 0) is 0 Å². The van der Waals surface area contributed by atoms with Crippen LogP contribution in [0, 0.1) is 0 Å². The SMILES string of the molecule is O=C(O)c1ccc(-c2nc(-c3ccc(C(=O)O)cn3)nc(-c3ccc(C(=O)O)cn3)n2)nc1. The molecule has 0 amide bonds. The zero-order chi connectivity index (χ0) is 23.5. The second-order valence-corrected chi connectivity index (χ2v) is 6.52. The molecule has 0 saturated carbocycles. The van der Waals surface area contributed by atoms with Crippen molar-refractivity contribution >= 4 is 17.9 Å². The van der Waals surface area contributed by atoms with E-state index in [-0.39, 0.29) is 51.2 Å². The van der Waals surface area contributed by atoms with Crippen molar-refractivity contribution in [1.82, 2.24) is 29.9 Å². The second-order valence-electron chi connectivity index (χ2n) is 6.52. The Morgan fingerprint density at radius 3 is 0.939 bits per heavy atom. The molecule has 4 aromatic rings. The van der Waals surface area contributed by atoms with Crippen LogP contribution in [0.5, 0.6) is 0 Å². The first kappa shape index (κ1) is 21.1. The van der Waals surface area contributed by atoms with Gasteiger partial charge in [-0.1, -0.05) is 0 Å². The Labute approximate surface area is 184 Å². The lowest BCUT2D eigenvalue weighted by Crippen LogP contribution is -2.05. The highest BCUT2D eigenvalue weighted by Crippen LogP contribution is 2.22. The van der Waals surface area contributed by atoms with E-state index in [0.717, 1.165) is 18.6 Å². The Bertz CT molecular complexity index is 1190. The summed E-state index contributed by atoms with van der Waals surface area (Å²) in [5.74, 6) is -3.18. The molecule has 0 fully saturated rings. The van der Waals surface area contributed by atoms with Gasteiger partial charge in [-0.25, -0.2) is 29.3 Å². The molecule has 4 heterocycles. The minimum absolute atomic E-state index is 0.0231. The fraction of sp³-hybridized carbons (Fsp3) is 0. The lowest BCUT2D eigenvalue weighted by atomic mass is 10.2. The molecule has 0 aromatic carbocycles. The predicted octanol–water partition coefficient (Wildman–Crippen LogP) is 2.15. The molecule has 12 heteroatoms. The topological polar surface area (TPSA) is 189 Å². The molecule has 0 saturated heterocycles. The van der Waals surface area contributed by atoms with E-state index in [2.05, 4.69) is 29.9 Å². The molecular weight excluding hydrogens is 432 g/mol. The van der Waals surface area contributed by atoms with Crippen LogP contribution in [0.1, 0.15) is 31.1 Å². The highest BCUT2D eigenvalue weighted by Gasteiger charge is 2.16. The van der Waals surface area contributed by atoms with E-state index in [4.69, 9.17) is 15.3 Å². The zero-order valence-corrected chi connectivity index (χ0v) is 16.4. The van der Waals surface area contributed by atoms with Crippen molar-refractivity contribution in [2.75, 3.05) is 0 Å². The normalized spacial score (nSPS) is 10.5. The van der Waals surface area contributed by atoms with E-state index in [1.165, 1.54) is 36.4 Å². The number of aromatic nitrogens is 6. The van der Waals surface area contributed by atoms with Gasteiger partial charge in [-0.2, -0.15) is 0 Å². The van der Waals surface area contributed by atoms with Crippen LogP contribution in [-0.4, -0.2) is 63.1 Å². The summed E-state index contributed by atoms with van der Waals surface area (Å²) in [6.45, 7) is 0. The molecule has 33 heavy (non-hydrogen) atoms. The lowest BCUT2D eigenvalue weighted by molar-refractivity contribution is 0.0685. The average molecular weight is 444 g/mol. The third kappa shape index (κ3) is 4.49. The molecule has 0 aliphatic heterocycles. The van der Waals surface area contributed by atoms with Crippen LogP contribution in [0.15, 0.2) is 55.0 Å². The van der Waals surface area contributed by atoms with Gasteiger partial charge in [-0.05, 0) is 36.4 Å². The molecule has 3 N–H and O–H groups in total. The number of nitrogens with zero attached hydrogens (tertiary/aromatic N) is 6. The van der Waals surface area contributed by atoms with Gasteiger partial charge in [0.05, 0.1) is 16.7 Å². The summed E-state index contributed by atoms with van der Waals surface area (Å²) in [7, 11) is 0. The summed E-state index contributed by atoms with van der Waals surface area (Å²) in [5.41, 5.74) is 0.665. The van der Waals surface area contributed by atoms with Crippen molar-refractivity contribution in [3.63, 3.8) is 0 Å². The molecule has 12 nitrogen and oxygen atoms in total. The monoisotopic (exact) mass is 444 g/mol. The quantitative estimate of drug-likeness (QED) is 0.393. The maximum absolute atomic E-state index is 11.1. The number of aromatic carboxylic acids is 3. The summed E-state index contributed by atoms with van der Waals surface area (Å²) in [6, 6.07) is 8.30. The van der Waals surface area contributed by atoms with E-state index < -0.39 is 17.9 Å². The van der Waals surface area contributed by atoms with Gasteiger partial charge in [0.15, 0.2) is 17.5 Å². The highest BCUT2D eigenvalue weighted by molar-refractivity contribution is 5.88. The minimum atomic E-state index is -1.14. The predicted molar refractivity (Wildman–Crippen MR) is 110 cm³/mol. The van der Waals surface area contributed by atoms with Crippen LogP contribution < -0.4 is 0 Å². The van der Waals surface area contributed by atoms with Crippen LogP contribution in [0.25, 0.3) is 34.6 Å². The fourth-order valence-corrected chi connectivity index (χ4v) is 2.68. The molecule has 0 unspecified atom stereocenters. The molecule has 0 aliphatic rings. The first-order chi connectivity index (χ1) is 15.8. The van der Waals surface area contributed by atoms with E-state index in [9.17, 15) is 14.4 Å². The maximum Gasteiger partial charge on any atom is 0.337 e.